The van der Waals surface area contributed by atoms with Gasteiger partial charge in [-0.25, -0.2) is 9.18 Å². The number of hydrogen-bond acceptors (Lipinski definition) is 4. The number of aromatic nitrogens is 1. The van der Waals surface area contributed by atoms with Gasteiger partial charge < -0.3 is 15.1 Å². The van der Waals surface area contributed by atoms with Gasteiger partial charge in [-0.15, -0.1) is 11.3 Å². The highest BCUT2D eigenvalue weighted by molar-refractivity contribution is 7.14. The molecule has 2 amide bonds. The molecule has 0 bridgehead atoms. The molecular formula is C14H15FN4OS. The predicted octanol–water partition coefficient (Wildman–Crippen LogP) is 2.64. The Kier molecular flexibility index (Phi) is 4.01. The van der Waals surface area contributed by atoms with E-state index in [1.807, 2.05) is 11.4 Å². The van der Waals surface area contributed by atoms with Crippen LogP contribution in [-0.4, -0.2) is 42.1 Å². The summed E-state index contributed by atoms with van der Waals surface area (Å²) in [7, 11) is 0. The molecule has 1 fully saturated rings. The molecule has 3 rings (SSSR count). The van der Waals surface area contributed by atoms with Crippen LogP contribution in [-0.2, 0) is 0 Å². The highest BCUT2D eigenvalue weighted by atomic mass is 32.1. The molecule has 2 aromatic heterocycles. The normalized spacial score (nSPS) is 15.1. The van der Waals surface area contributed by atoms with E-state index < -0.39 is 5.82 Å². The molecule has 21 heavy (non-hydrogen) atoms. The minimum atomic E-state index is -0.525. The summed E-state index contributed by atoms with van der Waals surface area (Å²) in [5.74, 6) is -0.525. The van der Waals surface area contributed by atoms with Gasteiger partial charge in [-0.2, -0.15) is 0 Å². The molecule has 1 aliphatic heterocycles. The summed E-state index contributed by atoms with van der Waals surface area (Å²) in [4.78, 5) is 19.7. The zero-order valence-electron chi connectivity index (χ0n) is 11.3. The van der Waals surface area contributed by atoms with Crippen molar-refractivity contribution < 1.29 is 9.18 Å². The first-order chi connectivity index (χ1) is 10.2. The molecule has 0 saturated carbocycles. The molecule has 1 aliphatic rings. The number of anilines is 2. The number of rotatable bonds is 2. The highest BCUT2D eigenvalue weighted by Gasteiger charge is 2.22. The maximum absolute atomic E-state index is 13.5. The van der Waals surface area contributed by atoms with E-state index in [0.717, 1.165) is 19.3 Å². The first kappa shape index (κ1) is 13.8. The number of hydrogen-bond donors (Lipinski definition) is 1. The average molecular weight is 306 g/mol. The van der Waals surface area contributed by atoms with Gasteiger partial charge in [0, 0.05) is 32.4 Å². The fourth-order valence-corrected chi connectivity index (χ4v) is 3.04. The molecular weight excluding hydrogens is 291 g/mol. The summed E-state index contributed by atoms with van der Waals surface area (Å²) in [5.41, 5.74) is 0.163. The van der Waals surface area contributed by atoms with E-state index >= 15 is 0 Å². The number of amides is 2. The van der Waals surface area contributed by atoms with E-state index in [0.29, 0.717) is 13.1 Å². The zero-order valence-corrected chi connectivity index (χ0v) is 12.1. The summed E-state index contributed by atoms with van der Waals surface area (Å²) in [6.45, 7) is 2.81. The van der Waals surface area contributed by atoms with E-state index in [4.69, 9.17) is 0 Å². The van der Waals surface area contributed by atoms with Crippen LogP contribution in [0.25, 0.3) is 0 Å². The third-order valence-electron chi connectivity index (χ3n) is 3.40. The third-order valence-corrected chi connectivity index (χ3v) is 4.33. The van der Waals surface area contributed by atoms with Gasteiger partial charge in [0.15, 0.2) is 5.82 Å². The second-order valence-corrected chi connectivity index (χ2v) is 5.64. The number of piperazine rings is 1. The van der Waals surface area contributed by atoms with E-state index in [1.54, 1.807) is 16.2 Å². The Morgan fingerprint density at radius 3 is 2.76 bits per heavy atom. The second-order valence-electron chi connectivity index (χ2n) is 4.71. The standard InChI is InChI=1S/C14H15FN4OS/c15-11-10-16-4-3-12(11)17-14(20)19-7-5-18(6-8-19)13-2-1-9-21-13/h1-4,9-10H,5-8H2,(H,16,17,20). The minimum Gasteiger partial charge on any atom is -0.360 e. The van der Waals surface area contributed by atoms with Gasteiger partial charge in [-0.05, 0) is 23.6 Å². The van der Waals surface area contributed by atoms with Gasteiger partial charge in [0.05, 0.1) is 16.9 Å². The zero-order chi connectivity index (χ0) is 14.7. The molecule has 7 heteroatoms. The van der Waals surface area contributed by atoms with Crippen molar-refractivity contribution in [3.63, 3.8) is 0 Å². The van der Waals surface area contributed by atoms with Crippen LogP contribution in [0.4, 0.5) is 19.9 Å². The Morgan fingerprint density at radius 1 is 1.29 bits per heavy atom. The molecule has 3 heterocycles. The van der Waals surface area contributed by atoms with Crippen LogP contribution in [0.2, 0.25) is 0 Å². The van der Waals surface area contributed by atoms with Crippen LogP contribution in [0.3, 0.4) is 0 Å². The van der Waals surface area contributed by atoms with E-state index in [-0.39, 0.29) is 11.7 Å². The average Bonchev–Trinajstić information content (AvgIpc) is 3.04. The van der Waals surface area contributed by atoms with E-state index in [1.165, 1.54) is 17.3 Å². The number of carbonyl (C=O) groups excluding carboxylic acids is 1. The van der Waals surface area contributed by atoms with Crippen molar-refractivity contribution in [3.05, 3.63) is 41.8 Å². The Balaban J connectivity index is 1.57. The van der Waals surface area contributed by atoms with Gasteiger partial charge in [0.1, 0.15) is 0 Å². The Bertz CT molecular complexity index is 611. The number of nitrogens with one attached hydrogen (secondary N) is 1. The Labute approximate surface area is 126 Å². The first-order valence-corrected chi connectivity index (χ1v) is 7.56. The van der Waals surface area contributed by atoms with E-state index in [9.17, 15) is 9.18 Å². The number of urea groups is 1. The monoisotopic (exact) mass is 306 g/mol. The first-order valence-electron chi connectivity index (χ1n) is 6.68. The lowest BCUT2D eigenvalue weighted by Gasteiger charge is -2.35. The lowest BCUT2D eigenvalue weighted by Crippen LogP contribution is -2.50. The SMILES string of the molecule is O=C(Nc1ccncc1F)N1CCN(c2cccs2)CC1. The number of pyridine rings is 1. The highest BCUT2D eigenvalue weighted by Crippen LogP contribution is 2.22. The minimum absolute atomic E-state index is 0.163. The topological polar surface area (TPSA) is 48.5 Å². The summed E-state index contributed by atoms with van der Waals surface area (Å²) in [6, 6.07) is 5.28. The number of nitrogens with zero attached hydrogens (tertiary/aromatic N) is 3. The van der Waals surface area contributed by atoms with Gasteiger partial charge in [0.25, 0.3) is 0 Å². The summed E-state index contributed by atoms with van der Waals surface area (Å²) < 4.78 is 13.5. The van der Waals surface area contributed by atoms with Crippen LogP contribution >= 0.6 is 11.3 Å². The van der Waals surface area contributed by atoms with Crippen LogP contribution in [0.5, 0.6) is 0 Å². The maximum Gasteiger partial charge on any atom is 0.322 e. The smallest absolute Gasteiger partial charge is 0.322 e. The molecule has 0 radical (unpaired) electrons. The predicted molar refractivity (Wildman–Crippen MR) is 81.3 cm³/mol. The van der Waals surface area contributed by atoms with Crippen LogP contribution < -0.4 is 10.2 Å². The molecule has 110 valence electrons. The van der Waals surface area contributed by atoms with Crippen molar-refractivity contribution in [1.82, 2.24) is 9.88 Å². The fourth-order valence-electron chi connectivity index (χ4n) is 2.25. The largest absolute Gasteiger partial charge is 0.360 e. The number of halogens is 1. The van der Waals surface area contributed by atoms with Crippen molar-refractivity contribution in [2.24, 2.45) is 0 Å². The van der Waals surface area contributed by atoms with Crippen LogP contribution in [0.15, 0.2) is 36.0 Å². The van der Waals surface area contributed by atoms with Gasteiger partial charge in [-0.1, -0.05) is 0 Å². The fraction of sp³-hybridized carbons (Fsp3) is 0.286. The van der Waals surface area contributed by atoms with Crippen molar-refractivity contribution in [1.29, 1.82) is 0 Å². The summed E-state index contributed by atoms with van der Waals surface area (Å²) >= 11 is 1.69. The molecule has 0 unspecified atom stereocenters. The van der Waals surface area contributed by atoms with Gasteiger partial charge >= 0.3 is 6.03 Å². The molecule has 1 saturated heterocycles. The lowest BCUT2D eigenvalue weighted by atomic mass is 10.3. The summed E-state index contributed by atoms with van der Waals surface area (Å²) in [5, 5.41) is 5.85. The third kappa shape index (κ3) is 3.13. The molecule has 2 aromatic rings. The van der Waals surface area contributed by atoms with Crippen molar-refractivity contribution in [3.8, 4) is 0 Å². The molecule has 0 aliphatic carbocycles. The van der Waals surface area contributed by atoms with Crippen LogP contribution in [0.1, 0.15) is 0 Å². The van der Waals surface area contributed by atoms with E-state index in [2.05, 4.69) is 21.3 Å². The van der Waals surface area contributed by atoms with Crippen LogP contribution in [0, 0.1) is 5.82 Å². The van der Waals surface area contributed by atoms with Gasteiger partial charge in [-0.3, -0.25) is 4.98 Å². The Morgan fingerprint density at radius 2 is 2.10 bits per heavy atom. The number of thiophene rings is 1. The number of carbonyl (C=O) groups is 1. The lowest BCUT2D eigenvalue weighted by molar-refractivity contribution is 0.208. The van der Waals surface area contributed by atoms with Crippen molar-refractivity contribution in [2.45, 2.75) is 0 Å². The second kappa shape index (κ2) is 6.09. The molecule has 1 N–H and O–H groups in total. The molecule has 0 spiro atoms. The molecule has 0 atom stereocenters. The van der Waals surface area contributed by atoms with Crippen molar-refractivity contribution >= 4 is 28.1 Å². The molecule has 5 nitrogen and oxygen atoms in total. The quantitative estimate of drug-likeness (QED) is 0.928. The Hall–Kier alpha value is -2.15. The summed E-state index contributed by atoms with van der Waals surface area (Å²) in [6.07, 6.45) is 2.54. The maximum atomic E-state index is 13.5. The molecule has 0 aromatic carbocycles. The van der Waals surface area contributed by atoms with Gasteiger partial charge in [0.2, 0.25) is 0 Å². The van der Waals surface area contributed by atoms with Crippen molar-refractivity contribution in [2.75, 3.05) is 36.4 Å².